The van der Waals surface area contributed by atoms with Gasteiger partial charge in [-0.05, 0) is 59.1 Å². The van der Waals surface area contributed by atoms with Crippen LogP contribution < -0.4 is 5.56 Å². The molecule has 1 N–H and O–H groups in total. The van der Waals surface area contributed by atoms with Gasteiger partial charge in [0.15, 0.2) is 0 Å². The predicted molar refractivity (Wildman–Crippen MR) is 121 cm³/mol. The van der Waals surface area contributed by atoms with Crippen molar-refractivity contribution in [3.8, 4) is 0 Å². The zero-order chi connectivity index (χ0) is 21.1. The number of sulfonamides is 1. The first-order valence-electron chi connectivity index (χ1n) is 9.70. The fraction of sp³-hybridized carbons (Fsp3) is 0.174. The molecule has 30 heavy (non-hydrogen) atoms. The van der Waals surface area contributed by atoms with Gasteiger partial charge in [0.1, 0.15) is 0 Å². The van der Waals surface area contributed by atoms with Crippen molar-refractivity contribution in [2.45, 2.75) is 31.3 Å². The van der Waals surface area contributed by atoms with Crippen LogP contribution in [0.1, 0.15) is 22.9 Å². The van der Waals surface area contributed by atoms with E-state index in [1.165, 1.54) is 15.6 Å². The van der Waals surface area contributed by atoms with Crippen LogP contribution in [0.25, 0.3) is 10.9 Å². The number of pyridine rings is 1. The summed E-state index contributed by atoms with van der Waals surface area (Å²) < 4.78 is 28.1. The fourth-order valence-electron chi connectivity index (χ4n) is 3.37. The Hall–Kier alpha value is -2.74. The summed E-state index contributed by atoms with van der Waals surface area (Å²) in [4.78, 5) is 16.7. The second-order valence-electron chi connectivity index (χ2n) is 7.06. The molecule has 7 heteroatoms. The smallest absolute Gasteiger partial charge is 0.252 e. The quantitative estimate of drug-likeness (QED) is 0.460. The molecule has 2 aromatic carbocycles. The Morgan fingerprint density at radius 3 is 2.47 bits per heavy atom. The molecule has 0 saturated heterocycles. The first kappa shape index (κ1) is 20.5. The van der Waals surface area contributed by atoms with E-state index in [0.29, 0.717) is 5.56 Å². The van der Waals surface area contributed by atoms with Crippen LogP contribution in [0, 0.1) is 0 Å². The van der Waals surface area contributed by atoms with E-state index in [1.807, 2.05) is 35.7 Å². The van der Waals surface area contributed by atoms with E-state index in [-0.39, 0.29) is 23.5 Å². The minimum atomic E-state index is -3.77. The average Bonchev–Trinajstić information content (AvgIpc) is 3.27. The molecule has 0 aliphatic carbocycles. The topological polar surface area (TPSA) is 70.2 Å². The molecule has 2 aromatic heterocycles. The number of rotatable bonds is 7. The summed E-state index contributed by atoms with van der Waals surface area (Å²) in [7, 11) is -3.77. The molecule has 0 bridgehead atoms. The van der Waals surface area contributed by atoms with E-state index in [4.69, 9.17) is 0 Å². The van der Waals surface area contributed by atoms with E-state index >= 15 is 0 Å². The molecule has 4 aromatic rings. The van der Waals surface area contributed by atoms with Crippen molar-refractivity contribution in [2.75, 3.05) is 0 Å². The number of aromatic amines is 1. The van der Waals surface area contributed by atoms with E-state index in [1.54, 1.807) is 36.4 Å². The highest BCUT2D eigenvalue weighted by molar-refractivity contribution is 7.89. The van der Waals surface area contributed by atoms with Gasteiger partial charge in [0.25, 0.3) is 5.56 Å². The maximum absolute atomic E-state index is 13.4. The van der Waals surface area contributed by atoms with Gasteiger partial charge in [-0.1, -0.05) is 37.3 Å². The van der Waals surface area contributed by atoms with Crippen molar-refractivity contribution in [3.63, 3.8) is 0 Å². The molecule has 154 valence electrons. The Balaban J connectivity index is 1.76. The molecule has 4 rings (SSSR count). The molecule has 0 atom stereocenters. The summed E-state index contributed by atoms with van der Waals surface area (Å²) in [6.07, 6.45) is 0.886. The van der Waals surface area contributed by atoms with Crippen LogP contribution in [0.3, 0.4) is 0 Å². The number of fused-ring (bicyclic) bond motifs is 1. The average molecular weight is 439 g/mol. The van der Waals surface area contributed by atoms with Crippen LogP contribution in [0.2, 0.25) is 0 Å². The van der Waals surface area contributed by atoms with Crippen LogP contribution in [0.4, 0.5) is 0 Å². The highest BCUT2D eigenvalue weighted by Gasteiger charge is 2.26. The van der Waals surface area contributed by atoms with E-state index in [9.17, 15) is 13.2 Å². The number of thiophene rings is 1. The Labute approximate surface area is 179 Å². The second kappa shape index (κ2) is 8.55. The Morgan fingerprint density at radius 2 is 1.77 bits per heavy atom. The van der Waals surface area contributed by atoms with Gasteiger partial charge >= 0.3 is 0 Å². The number of hydrogen-bond acceptors (Lipinski definition) is 4. The van der Waals surface area contributed by atoms with Crippen molar-refractivity contribution in [2.24, 2.45) is 0 Å². The molecule has 2 heterocycles. The Bertz CT molecular complexity index is 1310. The van der Waals surface area contributed by atoms with Crippen LogP contribution in [0.5, 0.6) is 0 Å². The third-order valence-electron chi connectivity index (χ3n) is 5.03. The summed E-state index contributed by atoms with van der Waals surface area (Å²) in [5.41, 5.74) is 2.06. The maximum Gasteiger partial charge on any atom is 0.252 e. The molecule has 0 saturated carbocycles. The molecule has 0 aliphatic rings. The van der Waals surface area contributed by atoms with Gasteiger partial charge in [-0.3, -0.25) is 4.79 Å². The van der Waals surface area contributed by atoms with Gasteiger partial charge in [-0.15, -0.1) is 11.3 Å². The second-order valence-corrected chi connectivity index (χ2v) is 10.0. The third kappa shape index (κ3) is 4.23. The molecule has 0 spiro atoms. The number of aromatic nitrogens is 1. The number of nitrogens with one attached hydrogen (secondary N) is 1. The van der Waals surface area contributed by atoms with Gasteiger partial charge in [0.05, 0.1) is 4.90 Å². The van der Waals surface area contributed by atoms with Gasteiger partial charge in [-0.25, -0.2) is 8.42 Å². The molecule has 0 unspecified atom stereocenters. The standard InChI is InChI=1S/C23H22N2O3S2/c1-2-17-10-11-22-18(13-17)14-19(23(26)24-22)15-25(16-20-7-6-12-29-20)30(27,28)21-8-4-3-5-9-21/h3-14H,2,15-16H2,1H3,(H,24,26). The van der Waals surface area contributed by atoms with Crippen LogP contribution in [0.15, 0.2) is 81.8 Å². The van der Waals surface area contributed by atoms with Gasteiger partial charge in [0, 0.05) is 29.0 Å². The first-order chi connectivity index (χ1) is 14.5. The lowest BCUT2D eigenvalue weighted by Gasteiger charge is -2.21. The van der Waals surface area contributed by atoms with E-state index in [2.05, 4.69) is 11.9 Å². The summed E-state index contributed by atoms with van der Waals surface area (Å²) >= 11 is 1.49. The van der Waals surface area contributed by atoms with Crippen LogP contribution >= 0.6 is 11.3 Å². The lowest BCUT2D eigenvalue weighted by molar-refractivity contribution is 0.402. The van der Waals surface area contributed by atoms with Crippen molar-refractivity contribution >= 4 is 32.3 Å². The van der Waals surface area contributed by atoms with Crippen molar-refractivity contribution in [1.82, 2.24) is 9.29 Å². The molecule has 0 amide bonds. The fourth-order valence-corrected chi connectivity index (χ4v) is 5.59. The summed E-state index contributed by atoms with van der Waals surface area (Å²) in [5, 5.41) is 2.81. The maximum atomic E-state index is 13.4. The summed E-state index contributed by atoms with van der Waals surface area (Å²) in [5.74, 6) is 0. The van der Waals surface area contributed by atoms with Crippen LogP contribution in [-0.4, -0.2) is 17.7 Å². The van der Waals surface area contributed by atoms with Crippen LogP contribution in [-0.2, 0) is 29.5 Å². The molecular weight excluding hydrogens is 416 g/mol. The molecule has 0 aliphatic heterocycles. The van der Waals surface area contributed by atoms with Gasteiger partial charge in [0.2, 0.25) is 10.0 Å². The SMILES string of the molecule is CCc1ccc2[nH]c(=O)c(CN(Cc3cccs3)S(=O)(=O)c3ccccc3)cc2c1. The minimum absolute atomic E-state index is 0.00322. The highest BCUT2D eigenvalue weighted by Crippen LogP contribution is 2.23. The first-order valence-corrected chi connectivity index (χ1v) is 12.0. The summed E-state index contributed by atoms with van der Waals surface area (Å²) in [6, 6.07) is 19.8. The monoisotopic (exact) mass is 438 g/mol. The van der Waals surface area contributed by atoms with Crippen molar-refractivity contribution in [3.05, 3.63) is 98.5 Å². The largest absolute Gasteiger partial charge is 0.322 e. The zero-order valence-electron chi connectivity index (χ0n) is 16.5. The molecule has 5 nitrogen and oxygen atoms in total. The summed E-state index contributed by atoms with van der Waals surface area (Å²) in [6.45, 7) is 2.28. The highest BCUT2D eigenvalue weighted by atomic mass is 32.2. The number of nitrogens with zero attached hydrogens (tertiary/aromatic N) is 1. The van der Waals surface area contributed by atoms with Crippen molar-refractivity contribution in [1.29, 1.82) is 0 Å². The number of hydrogen-bond donors (Lipinski definition) is 1. The molecule has 0 fully saturated rings. The molecular formula is C23H22N2O3S2. The number of benzene rings is 2. The lowest BCUT2D eigenvalue weighted by atomic mass is 10.1. The number of H-pyrrole nitrogens is 1. The predicted octanol–water partition coefficient (Wildman–Crippen LogP) is 4.54. The Kier molecular flexibility index (Phi) is 5.85. The van der Waals surface area contributed by atoms with Gasteiger partial charge < -0.3 is 4.98 Å². The minimum Gasteiger partial charge on any atom is -0.322 e. The van der Waals surface area contributed by atoms with Gasteiger partial charge in [-0.2, -0.15) is 4.31 Å². The number of aryl methyl sites for hydroxylation is 1. The van der Waals surface area contributed by atoms with Crippen molar-refractivity contribution < 1.29 is 8.42 Å². The normalized spacial score (nSPS) is 11.9. The van der Waals surface area contributed by atoms with E-state index < -0.39 is 10.0 Å². The Morgan fingerprint density at radius 1 is 0.967 bits per heavy atom. The zero-order valence-corrected chi connectivity index (χ0v) is 18.2. The van der Waals surface area contributed by atoms with E-state index in [0.717, 1.165) is 27.8 Å². The third-order valence-corrected chi connectivity index (χ3v) is 7.70. The lowest BCUT2D eigenvalue weighted by Crippen LogP contribution is -2.32. The molecule has 0 radical (unpaired) electrons.